The number of allylic oxidation sites excluding steroid dienone is 2. The van der Waals surface area contributed by atoms with Crippen LogP contribution in [-0.2, 0) is 4.74 Å². The highest BCUT2D eigenvalue weighted by Gasteiger charge is 2.19. The summed E-state index contributed by atoms with van der Waals surface area (Å²) in [6.07, 6.45) is 13.9. The smallest absolute Gasteiger partial charge is 0.126 e. The molecular weight excluding hydrogens is 124 g/mol. The average molecular weight is 134 g/mol. The zero-order chi connectivity index (χ0) is 6.81. The Hall–Kier alpha value is -0.980. The zero-order valence-electron chi connectivity index (χ0n) is 5.73. The summed E-state index contributed by atoms with van der Waals surface area (Å²) in [4.78, 5) is 0. The summed E-state index contributed by atoms with van der Waals surface area (Å²) in [6, 6.07) is 0. The molecule has 0 aromatic rings. The average Bonchev–Trinajstić information content (AvgIpc) is 2.28. The number of rotatable bonds is 0. The van der Waals surface area contributed by atoms with Gasteiger partial charge in [0.15, 0.2) is 0 Å². The third-order valence-electron chi connectivity index (χ3n) is 1.87. The lowest BCUT2D eigenvalue weighted by atomic mass is 10.1. The van der Waals surface area contributed by atoms with Crippen molar-refractivity contribution in [1.82, 2.24) is 0 Å². The minimum Gasteiger partial charge on any atom is -0.493 e. The molecule has 0 radical (unpaired) electrons. The first-order valence-electron chi connectivity index (χ1n) is 3.62. The Kier molecular flexibility index (Phi) is 1.35. The van der Waals surface area contributed by atoms with Gasteiger partial charge in [0.1, 0.15) is 6.10 Å². The lowest BCUT2D eigenvalue weighted by Gasteiger charge is -2.08. The van der Waals surface area contributed by atoms with Gasteiger partial charge in [-0.25, -0.2) is 0 Å². The highest BCUT2D eigenvalue weighted by atomic mass is 16.5. The first-order valence-corrected chi connectivity index (χ1v) is 3.62. The van der Waals surface area contributed by atoms with Crippen LogP contribution < -0.4 is 0 Å². The topological polar surface area (TPSA) is 9.23 Å². The largest absolute Gasteiger partial charge is 0.493 e. The Bertz CT molecular complexity index is 201. The third-order valence-corrected chi connectivity index (χ3v) is 1.87. The molecule has 52 valence electrons. The van der Waals surface area contributed by atoms with Crippen molar-refractivity contribution in [3.63, 3.8) is 0 Å². The van der Waals surface area contributed by atoms with Crippen molar-refractivity contribution in [2.75, 3.05) is 0 Å². The van der Waals surface area contributed by atoms with Gasteiger partial charge in [-0.15, -0.1) is 0 Å². The van der Waals surface area contributed by atoms with Gasteiger partial charge in [0.2, 0.25) is 0 Å². The van der Waals surface area contributed by atoms with E-state index in [9.17, 15) is 0 Å². The highest BCUT2D eigenvalue weighted by Crippen LogP contribution is 2.22. The molecule has 1 aliphatic carbocycles. The van der Waals surface area contributed by atoms with Gasteiger partial charge in [0.05, 0.1) is 6.26 Å². The van der Waals surface area contributed by atoms with Crippen molar-refractivity contribution in [2.24, 2.45) is 5.92 Å². The predicted molar refractivity (Wildman–Crippen MR) is 40.4 cm³/mol. The summed E-state index contributed by atoms with van der Waals surface area (Å²) >= 11 is 0. The summed E-state index contributed by atoms with van der Waals surface area (Å²) in [6.45, 7) is 0. The number of ether oxygens (including phenoxy) is 1. The van der Waals surface area contributed by atoms with Crippen molar-refractivity contribution < 1.29 is 4.74 Å². The second-order valence-corrected chi connectivity index (χ2v) is 2.60. The van der Waals surface area contributed by atoms with E-state index in [1.807, 2.05) is 0 Å². The maximum absolute atomic E-state index is 5.32. The van der Waals surface area contributed by atoms with Gasteiger partial charge in [0, 0.05) is 5.92 Å². The second kappa shape index (κ2) is 2.33. The van der Waals surface area contributed by atoms with Crippen LogP contribution in [0, 0.1) is 5.92 Å². The molecule has 0 saturated carbocycles. The molecule has 10 heavy (non-hydrogen) atoms. The van der Waals surface area contributed by atoms with Crippen LogP contribution in [0.1, 0.15) is 6.42 Å². The molecule has 0 amide bonds. The van der Waals surface area contributed by atoms with Gasteiger partial charge < -0.3 is 4.74 Å². The van der Waals surface area contributed by atoms with Crippen LogP contribution in [0.5, 0.6) is 0 Å². The van der Waals surface area contributed by atoms with Crippen LogP contribution >= 0.6 is 0 Å². The van der Waals surface area contributed by atoms with E-state index < -0.39 is 0 Å². The Morgan fingerprint density at radius 3 is 3.00 bits per heavy atom. The van der Waals surface area contributed by atoms with E-state index in [-0.39, 0.29) is 6.10 Å². The summed E-state index contributed by atoms with van der Waals surface area (Å²) in [5.74, 6) is 0.485. The summed E-state index contributed by atoms with van der Waals surface area (Å²) < 4.78 is 5.32. The van der Waals surface area contributed by atoms with Crippen LogP contribution in [0.4, 0.5) is 0 Å². The van der Waals surface area contributed by atoms with Gasteiger partial charge >= 0.3 is 0 Å². The molecule has 1 heterocycles. The van der Waals surface area contributed by atoms with Gasteiger partial charge in [-0.05, 0) is 18.6 Å². The first kappa shape index (κ1) is 5.78. The Labute approximate surface area is 60.7 Å². The molecular formula is C9H10O. The summed E-state index contributed by atoms with van der Waals surface area (Å²) in [5.41, 5.74) is 0. The third kappa shape index (κ3) is 0.878. The van der Waals surface area contributed by atoms with Crippen LogP contribution in [0.3, 0.4) is 0 Å². The van der Waals surface area contributed by atoms with Crippen molar-refractivity contribution >= 4 is 0 Å². The molecule has 0 fully saturated rings. The molecule has 2 aliphatic rings. The van der Waals surface area contributed by atoms with Gasteiger partial charge in [-0.3, -0.25) is 0 Å². The number of hydrogen-bond donors (Lipinski definition) is 0. The maximum atomic E-state index is 5.32. The van der Waals surface area contributed by atoms with Crippen molar-refractivity contribution in [1.29, 1.82) is 0 Å². The molecule has 0 bridgehead atoms. The fourth-order valence-electron chi connectivity index (χ4n) is 1.30. The van der Waals surface area contributed by atoms with Crippen molar-refractivity contribution in [2.45, 2.75) is 12.5 Å². The summed E-state index contributed by atoms with van der Waals surface area (Å²) in [5, 5.41) is 0. The standard InChI is InChI=1S/C9H10O/c1-2-4-8-6-7-10-9(8)5-3-1/h2-9H,1H2/t8?,9-/m1/s1. The molecule has 1 heteroatoms. The molecule has 0 aromatic carbocycles. The van der Waals surface area contributed by atoms with E-state index in [1.165, 1.54) is 0 Å². The maximum Gasteiger partial charge on any atom is 0.126 e. The van der Waals surface area contributed by atoms with E-state index in [4.69, 9.17) is 4.74 Å². The van der Waals surface area contributed by atoms with E-state index in [0.29, 0.717) is 5.92 Å². The second-order valence-electron chi connectivity index (χ2n) is 2.60. The normalized spacial score (nSPS) is 35.2. The zero-order valence-corrected chi connectivity index (χ0v) is 5.73. The molecule has 2 atom stereocenters. The molecule has 2 rings (SSSR count). The quantitative estimate of drug-likeness (QED) is 0.460. The van der Waals surface area contributed by atoms with Crippen LogP contribution in [0.15, 0.2) is 36.6 Å². The molecule has 0 aromatic heterocycles. The van der Waals surface area contributed by atoms with Crippen LogP contribution in [0.25, 0.3) is 0 Å². The molecule has 1 nitrogen and oxygen atoms in total. The summed E-state index contributed by atoms with van der Waals surface area (Å²) in [7, 11) is 0. The Balaban J connectivity index is 2.22. The fourth-order valence-corrected chi connectivity index (χ4v) is 1.30. The van der Waals surface area contributed by atoms with E-state index in [0.717, 1.165) is 6.42 Å². The SMILES string of the molecule is C1=CC2C=CO[C@@H]2C=CC1. The van der Waals surface area contributed by atoms with Crippen LogP contribution in [0.2, 0.25) is 0 Å². The number of fused-ring (bicyclic) bond motifs is 1. The van der Waals surface area contributed by atoms with E-state index in [1.54, 1.807) is 6.26 Å². The Morgan fingerprint density at radius 2 is 2.00 bits per heavy atom. The predicted octanol–water partition coefficient (Wildman–Crippen LogP) is 2.03. The molecule has 1 unspecified atom stereocenters. The number of hydrogen-bond acceptors (Lipinski definition) is 1. The van der Waals surface area contributed by atoms with Gasteiger partial charge in [-0.2, -0.15) is 0 Å². The highest BCUT2D eigenvalue weighted by molar-refractivity contribution is 5.16. The molecule has 1 aliphatic heterocycles. The molecule has 0 N–H and O–H groups in total. The Morgan fingerprint density at radius 1 is 1.10 bits per heavy atom. The van der Waals surface area contributed by atoms with Crippen molar-refractivity contribution in [3.8, 4) is 0 Å². The minimum atomic E-state index is 0.277. The van der Waals surface area contributed by atoms with Gasteiger partial charge in [-0.1, -0.05) is 18.2 Å². The van der Waals surface area contributed by atoms with Crippen molar-refractivity contribution in [3.05, 3.63) is 36.6 Å². The van der Waals surface area contributed by atoms with E-state index >= 15 is 0 Å². The molecule has 0 saturated heterocycles. The van der Waals surface area contributed by atoms with Crippen LogP contribution in [-0.4, -0.2) is 6.10 Å². The lowest BCUT2D eigenvalue weighted by Crippen LogP contribution is -2.09. The van der Waals surface area contributed by atoms with E-state index in [2.05, 4.69) is 30.4 Å². The first-order chi connectivity index (χ1) is 4.97. The monoisotopic (exact) mass is 134 g/mol. The van der Waals surface area contributed by atoms with Gasteiger partial charge in [0.25, 0.3) is 0 Å². The minimum absolute atomic E-state index is 0.277. The molecule has 0 spiro atoms. The lowest BCUT2D eigenvalue weighted by molar-refractivity contribution is 0.194. The fraction of sp³-hybridized carbons (Fsp3) is 0.333.